The number of anilines is 1. The second-order valence-electron chi connectivity index (χ2n) is 5.12. The molecule has 0 bridgehead atoms. The minimum absolute atomic E-state index is 0.262. The molecule has 0 aliphatic heterocycles. The van der Waals surface area contributed by atoms with Gasteiger partial charge in [0.25, 0.3) is 0 Å². The molecule has 2 nitrogen and oxygen atoms in total. The number of thiophene rings is 1. The molecule has 3 rings (SSSR count). The van der Waals surface area contributed by atoms with Gasteiger partial charge in [0.05, 0.1) is 6.04 Å². The van der Waals surface area contributed by atoms with Gasteiger partial charge in [-0.2, -0.15) is 0 Å². The first-order valence-electron chi connectivity index (χ1n) is 6.82. The standard InChI is InChI=1S/C17H18N2S/c1-11-10-16(13(3)20-11)12(2)19-17-15-7-5-4-6-14(15)8-9-18-17/h4-10,12H,1-3H3,(H,18,19). The number of rotatable bonds is 3. The van der Waals surface area contributed by atoms with Crippen LogP contribution < -0.4 is 5.32 Å². The molecule has 20 heavy (non-hydrogen) atoms. The highest BCUT2D eigenvalue weighted by atomic mass is 32.1. The average molecular weight is 282 g/mol. The predicted octanol–water partition coefficient (Wildman–Crippen LogP) is 5.09. The lowest BCUT2D eigenvalue weighted by Crippen LogP contribution is -2.08. The van der Waals surface area contributed by atoms with Crippen LogP contribution in [0.15, 0.2) is 42.6 Å². The van der Waals surface area contributed by atoms with E-state index in [0.717, 1.165) is 5.82 Å². The molecule has 3 heteroatoms. The van der Waals surface area contributed by atoms with E-state index >= 15 is 0 Å². The summed E-state index contributed by atoms with van der Waals surface area (Å²) in [5.41, 5.74) is 1.36. The van der Waals surface area contributed by atoms with Crippen molar-refractivity contribution in [3.05, 3.63) is 57.9 Å². The molecule has 3 aromatic rings. The zero-order valence-electron chi connectivity index (χ0n) is 12.0. The van der Waals surface area contributed by atoms with E-state index in [-0.39, 0.29) is 6.04 Å². The maximum absolute atomic E-state index is 4.50. The lowest BCUT2D eigenvalue weighted by Gasteiger charge is -2.16. The summed E-state index contributed by atoms with van der Waals surface area (Å²) in [6.45, 7) is 6.53. The zero-order chi connectivity index (χ0) is 14.1. The van der Waals surface area contributed by atoms with Crippen molar-refractivity contribution in [2.24, 2.45) is 0 Å². The van der Waals surface area contributed by atoms with Gasteiger partial charge in [-0.15, -0.1) is 11.3 Å². The number of nitrogens with one attached hydrogen (secondary N) is 1. The molecule has 1 atom stereocenters. The number of nitrogens with zero attached hydrogens (tertiary/aromatic N) is 1. The fraction of sp³-hybridized carbons (Fsp3) is 0.235. The fourth-order valence-electron chi connectivity index (χ4n) is 2.60. The van der Waals surface area contributed by atoms with Gasteiger partial charge in [0.1, 0.15) is 5.82 Å². The van der Waals surface area contributed by atoms with Crippen molar-refractivity contribution in [2.75, 3.05) is 5.32 Å². The van der Waals surface area contributed by atoms with Crippen molar-refractivity contribution in [1.29, 1.82) is 0 Å². The van der Waals surface area contributed by atoms with Gasteiger partial charge in [-0.25, -0.2) is 4.98 Å². The Morgan fingerprint density at radius 2 is 1.95 bits per heavy atom. The summed E-state index contributed by atoms with van der Waals surface area (Å²) in [7, 11) is 0. The van der Waals surface area contributed by atoms with E-state index in [2.05, 4.69) is 61.4 Å². The molecule has 0 aliphatic rings. The Labute approximate surface area is 123 Å². The molecule has 0 amide bonds. The molecule has 1 N–H and O–H groups in total. The third-order valence-corrected chi connectivity index (χ3v) is 4.55. The summed E-state index contributed by atoms with van der Waals surface area (Å²) in [5.74, 6) is 0.957. The molecule has 1 unspecified atom stereocenters. The van der Waals surface area contributed by atoms with E-state index in [0.29, 0.717) is 0 Å². The summed E-state index contributed by atoms with van der Waals surface area (Å²) in [5, 5.41) is 5.94. The number of benzene rings is 1. The van der Waals surface area contributed by atoms with Crippen LogP contribution in [-0.2, 0) is 0 Å². The van der Waals surface area contributed by atoms with Crippen molar-refractivity contribution >= 4 is 27.9 Å². The van der Waals surface area contributed by atoms with E-state index in [1.165, 1.54) is 26.1 Å². The molecule has 0 radical (unpaired) electrons. The number of aryl methyl sites for hydroxylation is 2. The summed E-state index contributed by atoms with van der Waals surface area (Å²) < 4.78 is 0. The van der Waals surface area contributed by atoms with Gasteiger partial charge in [0.15, 0.2) is 0 Å². The highest BCUT2D eigenvalue weighted by Gasteiger charge is 2.12. The molecular weight excluding hydrogens is 264 g/mol. The molecule has 0 saturated heterocycles. The first-order chi connectivity index (χ1) is 9.65. The Balaban J connectivity index is 1.95. The highest BCUT2D eigenvalue weighted by molar-refractivity contribution is 7.12. The van der Waals surface area contributed by atoms with Gasteiger partial charge in [0, 0.05) is 21.3 Å². The molecule has 102 valence electrons. The lowest BCUT2D eigenvalue weighted by molar-refractivity contribution is 0.874. The lowest BCUT2D eigenvalue weighted by atomic mass is 10.1. The molecule has 1 aromatic carbocycles. The maximum Gasteiger partial charge on any atom is 0.134 e. The van der Waals surface area contributed by atoms with Crippen molar-refractivity contribution in [1.82, 2.24) is 4.98 Å². The number of fused-ring (bicyclic) bond motifs is 1. The van der Waals surface area contributed by atoms with Crippen molar-refractivity contribution in [3.63, 3.8) is 0 Å². The molecular formula is C17H18N2S. The molecule has 2 heterocycles. The molecule has 0 spiro atoms. The quantitative estimate of drug-likeness (QED) is 0.724. The van der Waals surface area contributed by atoms with Crippen LogP contribution in [0.3, 0.4) is 0 Å². The van der Waals surface area contributed by atoms with E-state index in [4.69, 9.17) is 0 Å². The Bertz CT molecular complexity index is 740. The highest BCUT2D eigenvalue weighted by Crippen LogP contribution is 2.30. The van der Waals surface area contributed by atoms with Gasteiger partial charge in [-0.05, 0) is 43.9 Å². The van der Waals surface area contributed by atoms with Crippen molar-refractivity contribution in [3.8, 4) is 0 Å². The summed E-state index contributed by atoms with van der Waals surface area (Å²) in [4.78, 5) is 7.24. The Hall–Kier alpha value is -1.87. The first kappa shape index (κ1) is 13.1. The van der Waals surface area contributed by atoms with Crippen molar-refractivity contribution < 1.29 is 0 Å². The van der Waals surface area contributed by atoms with E-state index in [1.54, 1.807) is 0 Å². The van der Waals surface area contributed by atoms with Crippen LogP contribution in [0.5, 0.6) is 0 Å². The predicted molar refractivity (Wildman–Crippen MR) is 87.6 cm³/mol. The Kier molecular flexibility index (Phi) is 3.45. The molecule has 0 saturated carbocycles. The average Bonchev–Trinajstić information content (AvgIpc) is 2.78. The number of aromatic nitrogens is 1. The van der Waals surface area contributed by atoms with Crippen LogP contribution in [0.1, 0.15) is 28.3 Å². The van der Waals surface area contributed by atoms with E-state index in [9.17, 15) is 0 Å². The van der Waals surface area contributed by atoms with Gasteiger partial charge in [-0.3, -0.25) is 0 Å². The molecule has 0 fully saturated rings. The molecule has 2 aromatic heterocycles. The van der Waals surface area contributed by atoms with Crippen LogP contribution in [0, 0.1) is 13.8 Å². The van der Waals surface area contributed by atoms with E-state index in [1.807, 2.05) is 23.6 Å². The van der Waals surface area contributed by atoms with Gasteiger partial charge in [0.2, 0.25) is 0 Å². The van der Waals surface area contributed by atoms with Gasteiger partial charge in [-0.1, -0.05) is 24.3 Å². The second-order valence-corrected chi connectivity index (χ2v) is 6.58. The van der Waals surface area contributed by atoms with Gasteiger partial charge >= 0.3 is 0 Å². The topological polar surface area (TPSA) is 24.9 Å². The normalized spacial score (nSPS) is 12.6. The van der Waals surface area contributed by atoms with Crippen LogP contribution in [0.25, 0.3) is 10.8 Å². The van der Waals surface area contributed by atoms with Crippen LogP contribution in [-0.4, -0.2) is 4.98 Å². The zero-order valence-corrected chi connectivity index (χ0v) is 12.8. The largest absolute Gasteiger partial charge is 0.363 e. The third kappa shape index (κ3) is 2.41. The maximum atomic E-state index is 4.50. The monoisotopic (exact) mass is 282 g/mol. The number of hydrogen-bond donors (Lipinski definition) is 1. The minimum Gasteiger partial charge on any atom is -0.363 e. The second kappa shape index (κ2) is 5.25. The van der Waals surface area contributed by atoms with Crippen LogP contribution in [0.4, 0.5) is 5.82 Å². The fourth-order valence-corrected chi connectivity index (χ4v) is 3.62. The first-order valence-corrected chi connectivity index (χ1v) is 7.64. The van der Waals surface area contributed by atoms with Crippen molar-refractivity contribution in [2.45, 2.75) is 26.8 Å². The number of pyridine rings is 1. The summed E-state index contributed by atoms with van der Waals surface area (Å²) in [6, 6.07) is 12.9. The Morgan fingerprint density at radius 1 is 1.15 bits per heavy atom. The van der Waals surface area contributed by atoms with Crippen LogP contribution in [0.2, 0.25) is 0 Å². The Morgan fingerprint density at radius 3 is 2.70 bits per heavy atom. The SMILES string of the molecule is Cc1cc(C(C)Nc2nccc3ccccc23)c(C)s1. The van der Waals surface area contributed by atoms with Crippen LogP contribution >= 0.6 is 11.3 Å². The van der Waals surface area contributed by atoms with E-state index < -0.39 is 0 Å². The summed E-state index contributed by atoms with van der Waals surface area (Å²) in [6.07, 6.45) is 1.86. The van der Waals surface area contributed by atoms with Gasteiger partial charge < -0.3 is 5.32 Å². The minimum atomic E-state index is 0.262. The number of hydrogen-bond acceptors (Lipinski definition) is 3. The molecule has 0 aliphatic carbocycles. The third-order valence-electron chi connectivity index (χ3n) is 3.57. The smallest absolute Gasteiger partial charge is 0.134 e. The summed E-state index contributed by atoms with van der Waals surface area (Å²) >= 11 is 1.85.